The quantitative estimate of drug-likeness (QED) is 0.281. The Morgan fingerprint density at radius 2 is 1.73 bits per heavy atom. The van der Waals surface area contributed by atoms with Crippen LogP contribution in [0.2, 0.25) is 0 Å². The van der Waals surface area contributed by atoms with E-state index < -0.39 is 39.8 Å². The fourth-order valence-corrected chi connectivity index (χ4v) is 5.35. The second-order valence-electron chi connectivity index (χ2n) is 9.04. The summed E-state index contributed by atoms with van der Waals surface area (Å²) in [6, 6.07) is 7.67. The third-order valence-corrected chi connectivity index (χ3v) is 7.60. The molecular formula is C26H28N2O8S. The number of carbonyl (C=O) groups excluding carboxylic acids is 4. The molecule has 2 aromatic rings. The van der Waals surface area contributed by atoms with Crippen molar-refractivity contribution in [2.45, 2.75) is 63.3 Å². The Morgan fingerprint density at radius 3 is 2.46 bits per heavy atom. The smallest absolute Gasteiger partial charge is 0.300 e. The van der Waals surface area contributed by atoms with Crippen LogP contribution in [0.25, 0.3) is 0 Å². The van der Waals surface area contributed by atoms with Gasteiger partial charge in [-0.05, 0) is 55.7 Å². The van der Waals surface area contributed by atoms with E-state index in [-0.39, 0.29) is 47.0 Å². The molecule has 0 aromatic heterocycles. The van der Waals surface area contributed by atoms with Gasteiger partial charge in [0.2, 0.25) is 11.8 Å². The third-order valence-electron chi connectivity index (χ3n) is 6.24. The van der Waals surface area contributed by atoms with Gasteiger partial charge in [-0.15, -0.1) is 0 Å². The van der Waals surface area contributed by atoms with Gasteiger partial charge in [-0.25, -0.2) is 0 Å². The number of rotatable bonds is 10. The van der Waals surface area contributed by atoms with Crippen LogP contribution in [0.5, 0.6) is 11.5 Å². The van der Waals surface area contributed by atoms with Crippen molar-refractivity contribution in [3.05, 3.63) is 53.1 Å². The fourth-order valence-electron chi connectivity index (χ4n) is 4.30. The largest absolute Gasteiger partial charge is 0.456 e. The molecule has 2 aliphatic rings. The number of benzene rings is 2. The zero-order valence-corrected chi connectivity index (χ0v) is 21.4. The highest BCUT2D eigenvalue weighted by atomic mass is 32.2. The van der Waals surface area contributed by atoms with Crippen LogP contribution in [0.3, 0.4) is 0 Å². The van der Waals surface area contributed by atoms with Crippen molar-refractivity contribution in [3.8, 4) is 11.5 Å². The topological polar surface area (TPSA) is 136 Å². The van der Waals surface area contributed by atoms with E-state index in [0.29, 0.717) is 6.42 Å². The molecule has 4 rings (SSSR count). The second-order valence-corrected chi connectivity index (χ2v) is 10.6. The molecule has 2 aromatic carbocycles. The lowest BCUT2D eigenvalue weighted by molar-refractivity contribution is -0.136. The summed E-state index contributed by atoms with van der Waals surface area (Å²) in [5, 5.41) is 2.15. The summed E-state index contributed by atoms with van der Waals surface area (Å²) < 4.78 is 36.8. The third kappa shape index (κ3) is 5.57. The number of amides is 4. The summed E-state index contributed by atoms with van der Waals surface area (Å²) in [4.78, 5) is 50.4. The molecule has 37 heavy (non-hydrogen) atoms. The molecule has 1 saturated heterocycles. The van der Waals surface area contributed by atoms with Crippen LogP contribution in [0.15, 0.2) is 41.3 Å². The van der Waals surface area contributed by atoms with Gasteiger partial charge in [0.1, 0.15) is 22.4 Å². The molecule has 1 atom stereocenters. The summed E-state index contributed by atoms with van der Waals surface area (Å²) in [7, 11) is -4.11. The van der Waals surface area contributed by atoms with Crippen LogP contribution in [-0.2, 0) is 23.9 Å². The van der Waals surface area contributed by atoms with Crippen LogP contribution in [0, 0.1) is 6.92 Å². The number of imide groups is 2. The van der Waals surface area contributed by atoms with E-state index in [1.54, 1.807) is 19.1 Å². The van der Waals surface area contributed by atoms with Crippen molar-refractivity contribution in [2.75, 3.05) is 6.61 Å². The van der Waals surface area contributed by atoms with Crippen molar-refractivity contribution >= 4 is 33.7 Å². The Balaban J connectivity index is 1.56. The fraction of sp³-hybridized carbons (Fsp3) is 0.385. The van der Waals surface area contributed by atoms with Gasteiger partial charge in [0.15, 0.2) is 0 Å². The number of hydrogen-bond acceptors (Lipinski definition) is 8. The number of nitrogens with zero attached hydrogens (tertiary/aromatic N) is 1. The van der Waals surface area contributed by atoms with E-state index in [4.69, 9.17) is 8.92 Å². The molecule has 10 nitrogen and oxygen atoms in total. The SMILES string of the molecule is CCCCCCOS(=O)(=O)c1ccc(C)cc1Oc1ccc2c(c1)C(=O)N(C1CCC(=O)NC1=O)C2=O. The number of hydrogen-bond donors (Lipinski definition) is 1. The Bertz CT molecular complexity index is 1370. The van der Waals surface area contributed by atoms with Crippen molar-refractivity contribution in [2.24, 2.45) is 0 Å². The van der Waals surface area contributed by atoms with E-state index in [1.807, 2.05) is 0 Å². The van der Waals surface area contributed by atoms with Gasteiger partial charge >= 0.3 is 10.1 Å². The average molecular weight is 529 g/mol. The molecule has 2 aliphatic heterocycles. The predicted molar refractivity (Wildman–Crippen MR) is 132 cm³/mol. The van der Waals surface area contributed by atoms with Crippen LogP contribution in [0.4, 0.5) is 0 Å². The van der Waals surface area contributed by atoms with Gasteiger partial charge in [-0.1, -0.05) is 32.3 Å². The van der Waals surface area contributed by atoms with Gasteiger partial charge in [0.05, 0.1) is 17.7 Å². The van der Waals surface area contributed by atoms with Crippen LogP contribution in [-0.4, -0.2) is 49.6 Å². The summed E-state index contributed by atoms with van der Waals surface area (Å²) in [5.74, 6) is -2.33. The van der Waals surface area contributed by atoms with E-state index in [2.05, 4.69) is 12.2 Å². The predicted octanol–water partition coefficient (Wildman–Crippen LogP) is 3.47. The molecule has 4 amide bonds. The molecule has 2 heterocycles. The number of unbranched alkanes of at least 4 members (excludes halogenated alkanes) is 3. The molecule has 0 radical (unpaired) electrons. The summed E-state index contributed by atoms with van der Waals surface area (Å²) in [5.41, 5.74) is 0.860. The molecule has 0 saturated carbocycles. The summed E-state index contributed by atoms with van der Waals surface area (Å²) >= 11 is 0. The van der Waals surface area contributed by atoms with Gasteiger partial charge < -0.3 is 4.74 Å². The monoisotopic (exact) mass is 528 g/mol. The van der Waals surface area contributed by atoms with E-state index >= 15 is 0 Å². The molecule has 0 spiro atoms. The first-order valence-corrected chi connectivity index (χ1v) is 13.6. The first-order valence-electron chi connectivity index (χ1n) is 12.2. The first-order chi connectivity index (χ1) is 17.6. The first kappa shape index (κ1) is 26.5. The lowest BCUT2D eigenvalue weighted by Gasteiger charge is -2.27. The standard InChI is InChI=1S/C26H28N2O8S/c1-3-4-5-6-13-35-37(33,34)22-11-7-16(2)14-21(22)36-17-8-9-18-19(15-17)26(32)28(25(18)31)20-10-12-23(29)27-24(20)30/h7-9,11,14-15,20H,3-6,10,12-13H2,1-2H3,(H,27,29,30). The minimum absolute atomic E-state index is 0.0173. The normalized spacial score (nSPS) is 17.7. The molecule has 1 fully saturated rings. The van der Waals surface area contributed by atoms with Gasteiger partial charge in [0, 0.05) is 6.42 Å². The summed E-state index contributed by atoms with van der Waals surface area (Å²) in [6.45, 7) is 3.89. The van der Waals surface area contributed by atoms with Crippen molar-refractivity contribution < 1.29 is 36.5 Å². The number of ether oxygens (including phenoxy) is 1. The van der Waals surface area contributed by atoms with Crippen LogP contribution >= 0.6 is 0 Å². The van der Waals surface area contributed by atoms with Crippen molar-refractivity contribution in [1.82, 2.24) is 10.2 Å². The maximum atomic E-state index is 13.1. The van der Waals surface area contributed by atoms with Gasteiger partial charge in [0.25, 0.3) is 11.8 Å². The van der Waals surface area contributed by atoms with Gasteiger partial charge in [-0.2, -0.15) is 8.42 Å². The zero-order chi connectivity index (χ0) is 26.7. The zero-order valence-electron chi connectivity index (χ0n) is 20.6. The maximum Gasteiger partial charge on any atom is 0.300 e. The Morgan fingerprint density at radius 1 is 0.973 bits per heavy atom. The number of aryl methyl sites for hydroxylation is 1. The molecule has 0 aliphatic carbocycles. The van der Waals surface area contributed by atoms with Crippen molar-refractivity contribution in [1.29, 1.82) is 0 Å². The van der Waals surface area contributed by atoms with E-state index in [9.17, 15) is 27.6 Å². The molecule has 196 valence electrons. The maximum absolute atomic E-state index is 13.1. The summed E-state index contributed by atoms with van der Waals surface area (Å²) in [6.07, 6.45) is 3.54. The number of fused-ring (bicyclic) bond motifs is 1. The molecule has 0 bridgehead atoms. The van der Waals surface area contributed by atoms with Crippen LogP contribution < -0.4 is 10.1 Å². The molecular weight excluding hydrogens is 500 g/mol. The lowest BCUT2D eigenvalue weighted by Crippen LogP contribution is -2.54. The highest BCUT2D eigenvalue weighted by Gasteiger charge is 2.44. The highest BCUT2D eigenvalue weighted by molar-refractivity contribution is 7.86. The Labute approximate surface area is 215 Å². The molecule has 1 N–H and O–H groups in total. The number of nitrogens with one attached hydrogen (secondary N) is 1. The van der Waals surface area contributed by atoms with E-state index in [1.165, 1.54) is 24.3 Å². The number of carbonyl (C=O) groups is 4. The molecule has 1 unspecified atom stereocenters. The Kier molecular flexibility index (Phi) is 7.74. The van der Waals surface area contributed by atoms with Crippen LogP contribution in [0.1, 0.15) is 71.7 Å². The lowest BCUT2D eigenvalue weighted by atomic mass is 10.0. The minimum atomic E-state index is -4.11. The second kappa shape index (κ2) is 10.8. The van der Waals surface area contributed by atoms with Crippen molar-refractivity contribution in [3.63, 3.8) is 0 Å². The number of piperidine rings is 1. The average Bonchev–Trinajstić information content (AvgIpc) is 3.08. The Hall–Kier alpha value is -3.57. The van der Waals surface area contributed by atoms with Gasteiger partial charge in [-0.3, -0.25) is 33.6 Å². The van der Waals surface area contributed by atoms with E-state index in [0.717, 1.165) is 29.7 Å². The minimum Gasteiger partial charge on any atom is -0.456 e. The highest BCUT2D eigenvalue weighted by Crippen LogP contribution is 2.35. The molecule has 11 heteroatoms.